The van der Waals surface area contributed by atoms with Crippen LogP contribution in [0, 0.1) is 45.3 Å². The van der Waals surface area contributed by atoms with Crippen LogP contribution < -0.4 is 4.74 Å². The second-order valence-electron chi connectivity index (χ2n) is 7.45. The van der Waals surface area contributed by atoms with Gasteiger partial charge in [-0.05, 0) is 11.1 Å². The van der Waals surface area contributed by atoms with Crippen LogP contribution in [0.5, 0.6) is 23.0 Å². The fourth-order valence-corrected chi connectivity index (χ4v) is 3.67. The van der Waals surface area contributed by atoms with Crippen molar-refractivity contribution in [3.8, 4) is 69.5 Å². The number of rotatable bonds is 3. The summed E-state index contributed by atoms with van der Waals surface area (Å²) in [5.74, 6) is -1.10. The number of phenols is 3. The highest BCUT2D eigenvalue weighted by Crippen LogP contribution is 2.40. The summed E-state index contributed by atoms with van der Waals surface area (Å²) in [6, 6.07) is 28.1. The van der Waals surface area contributed by atoms with E-state index in [9.17, 15) is 25.8 Å². The van der Waals surface area contributed by atoms with E-state index in [1.54, 1.807) is 48.5 Å². The van der Waals surface area contributed by atoms with Gasteiger partial charge in [-0.15, -0.1) is 0 Å². The van der Waals surface area contributed by atoms with E-state index in [0.29, 0.717) is 22.3 Å². The number of phenolic OH excluding ortho intramolecular Hbond substituents is 3. The van der Waals surface area contributed by atoms with E-state index in [-0.39, 0.29) is 33.8 Å². The third-order valence-electron chi connectivity index (χ3n) is 5.35. The van der Waals surface area contributed by atoms with E-state index in [4.69, 9.17) is 15.3 Å². The van der Waals surface area contributed by atoms with E-state index in [0.717, 1.165) is 6.07 Å². The molecule has 0 radical (unpaired) electrons. The predicted molar refractivity (Wildman–Crippen MR) is 134 cm³/mol. The molecule has 178 valence electrons. The van der Waals surface area contributed by atoms with Crippen molar-refractivity contribution in [1.29, 1.82) is 21.0 Å². The molecule has 0 unspecified atom stereocenters. The van der Waals surface area contributed by atoms with Gasteiger partial charge in [0, 0.05) is 23.3 Å². The molecule has 8 heteroatoms. The monoisotopic (exact) mass is 486 g/mol. The Labute approximate surface area is 212 Å². The molecule has 0 aliphatic carbocycles. The zero-order valence-corrected chi connectivity index (χ0v) is 19.5. The molecule has 0 fully saturated rings. The number of nitriles is 4. The largest absolute Gasteiger partial charge is 0.504 e. The minimum atomic E-state index is -0.504. The second-order valence-corrected chi connectivity index (χ2v) is 7.45. The standard InChI is InChI=1S/C15H10N2O2.C14H8N2O2/c1-19-13-7-11(8-16)14(12(9-17)15(13)18)10-5-3-2-4-6-10;15-7-10-6-12(17)14(18)11(8-16)13(10)9-4-2-1-3-5-9/h2-7,18H,1H3;1-6,17-18H. The van der Waals surface area contributed by atoms with Gasteiger partial charge in [-0.3, -0.25) is 0 Å². The molecule has 0 amide bonds. The van der Waals surface area contributed by atoms with Crippen molar-refractivity contribution >= 4 is 0 Å². The predicted octanol–water partition coefficient (Wildman–Crippen LogP) is 5.32. The number of benzene rings is 4. The molecule has 8 nitrogen and oxygen atoms in total. The summed E-state index contributed by atoms with van der Waals surface area (Å²) < 4.78 is 4.97. The summed E-state index contributed by atoms with van der Waals surface area (Å²) in [6.45, 7) is 0. The van der Waals surface area contributed by atoms with Gasteiger partial charge in [0.1, 0.15) is 23.3 Å². The van der Waals surface area contributed by atoms with E-state index in [1.165, 1.54) is 13.2 Å². The molecule has 0 saturated heterocycles. The molecule has 0 bridgehead atoms. The quantitative estimate of drug-likeness (QED) is 0.327. The first-order valence-corrected chi connectivity index (χ1v) is 10.7. The van der Waals surface area contributed by atoms with Gasteiger partial charge in [-0.25, -0.2) is 0 Å². The van der Waals surface area contributed by atoms with E-state index in [2.05, 4.69) is 0 Å². The maximum absolute atomic E-state index is 9.99. The number of nitrogens with zero attached hydrogens (tertiary/aromatic N) is 4. The SMILES string of the molecule is COc1cc(C#N)c(-c2ccccc2)c(C#N)c1O.N#Cc1cc(O)c(O)c(C#N)c1-c1ccccc1. The first-order chi connectivity index (χ1) is 17.9. The average Bonchev–Trinajstić information content (AvgIpc) is 2.95. The molecule has 4 aromatic carbocycles. The fourth-order valence-electron chi connectivity index (χ4n) is 3.67. The van der Waals surface area contributed by atoms with Crippen LogP contribution in [0.1, 0.15) is 22.3 Å². The zero-order valence-electron chi connectivity index (χ0n) is 19.5. The van der Waals surface area contributed by atoms with Gasteiger partial charge in [0.25, 0.3) is 0 Å². The van der Waals surface area contributed by atoms with Gasteiger partial charge in [0.15, 0.2) is 23.0 Å². The second kappa shape index (κ2) is 11.4. The first kappa shape index (κ1) is 25.7. The molecule has 0 spiro atoms. The summed E-state index contributed by atoms with van der Waals surface area (Å²) in [5.41, 5.74) is 2.47. The molecule has 0 aliphatic heterocycles. The molecule has 0 aromatic heterocycles. The van der Waals surface area contributed by atoms with Gasteiger partial charge >= 0.3 is 0 Å². The Balaban J connectivity index is 0.000000206. The highest BCUT2D eigenvalue weighted by molar-refractivity contribution is 5.82. The number of methoxy groups -OCH3 is 1. The Bertz CT molecular complexity index is 1620. The van der Waals surface area contributed by atoms with Crippen molar-refractivity contribution in [2.75, 3.05) is 7.11 Å². The van der Waals surface area contributed by atoms with Gasteiger partial charge < -0.3 is 20.1 Å². The van der Waals surface area contributed by atoms with Crippen LogP contribution in [0.15, 0.2) is 72.8 Å². The summed E-state index contributed by atoms with van der Waals surface area (Å²) in [7, 11) is 1.37. The Morgan fingerprint density at radius 2 is 1.03 bits per heavy atom. The van der Waals surface area contributed by atoms with Crippen molar-refractivity contribution in [2.45, 2.75) is 0 Å². The highest BCUT2D eigenvalue weighted by atomic mass is 16.5. The molecule has 4 rings (SSSR count). The van der Waals surface area contributed by atoms with Gasteiger partial charge in [0.2, 0.25) is 0 Å². The molecule has 0 saturated carbocycles. The lowest BCUT2D eigenvalue weighted by molar-refractivity contribution is 0.373. The smallest absolute Gasteiger partial charge is 0.176 e. The highest BCUT2D eigenvalue weighted by Gasteiger charge is 2.20. The minimum absolute atomic E-state index is 0.0436. The van der Waals surface area contributed by atoms with Crippen molar-refractivity contribution < 1.29 is 20.1 Å². The van der Waals surface area contributed by atoms with Crippen LogP contribution in [0.4, 0.5) is 0 Å². The molecule has 37 heavy (non-hydrogen) atoms. The number of hydrogen-bond donors (Lipinski definition) is 3. The van der Waals surface area contributed by atoms with Crippen LogP contribution in [-0.2, 0) is 0 Å². The fraction of sp³-hybridized carbons (Fsp3) is 0.0345. The van der Waals surface area contributed by atoms with Crippen molar-refractivity contribution in [3.05, 3.63) is 95.1 Å². The lowest BCUT2D eigenvalue weighted by atomic mass is 9.94. The van der Waals surface area contributed by atoms with E-state index >= 15 is 0 Å². The van der Waals surface area contributed by atoms with Crippen molar-refractivity contribution in [3.63, 3.8) is 0 Å². The normalized spacial score (nSPS) is 9.43. The molecule has 0 heterocycles. The molecule has 0 atom stereocenters. The Morgan fingerprint density at radius 3 is 1.43 bits per heavy atom. The maximum Gasteiger partial charge on any atom is 0.176 e. The number of aromatic hydroxyl groups is 3. The first-order valence-electron chi connectivity index (χ1n) is 10.7. The van der Waals surface area contributed by atoms with Gasteiger partial charge in [-0.2, -0.15) is 21.0 Å². The Hall–Kier alpha value is -5.96. The van der Waals surface area contributed by atoms with Crippen LogP contribution >= 0.6 is 0 Å². The maximum atomic E-state index is 9.99. The summed E-state index contributed by atoms with van der Waals surface area (Å²) in [5, 5.41) is 65.7. The van der Waals surface area contributed by atoms with Crippen LogP contribution in [-0.4, -0.2) is 22.4 Å². The van der Waals surface area contributed by atoms with E-state index in [1.807, 2.05) is 36.4 Å². The van der Waals surface area contributed by atoms with Crippen molar-refractivity contribution in [1.82, 2.24) is 0 Å². The number of hydrogen-bond acceptors (Lipinski definition) is 8. The zero-order chi connectivity index (χ0) is 26.9. The Morgan fingerprint density at radius 1 is 0.595 bits per heavy atom. The third-order valence-corrected chi connectivity index (χ3v) is 5.35. The summed E-state index contributed by atoms with van der Waals surface area (Å²) in [6.07, 6.45) is 0. The average molecular weight is 486 g/mol. The molecular weight excluding hydrogens is 468 g/mol. The topological polar surface area (TPSA) is 165 Å². The van der Waals surface area contributed by atoms with Crippen molar-refractivity contribution in [2.24, 2.45) is 0 Å². The minimum Gasteiger partial charge on any atom is -0.504 e. The summed E-state index contributed by atoms with van der Waals surface area (Å²) in [4.78, 5) is 0. The van der Waals surface area contributed by atoms with Crippen LogP contribution in [0.2, 0.25) is 0 Å². The summed E-state index contributed by atoms with van der Waals surface area (Å²) >= 11 is 0. The van der Waals surface area contributed by atoms with Crippen LogP contribution in [0.3, 0.4) is 0 Å². The molecule has 0 aliphatic rings. The molecule has 4 aromatic rings. The molecular formula is C29H18N4O4. The van der Waals surface area contributed by atoms with Crippen LogP contribution in [0.25, 0.3) is 22.3 Å². The lowest BCUT2D eigenvalue weighted by Gasteiger charge is -2.11. The lowest BCUT2D eigenvalue weighted by Crippen LogP contribution is -1.94. The van der Waals surface area contributed by atoms with Gasteiger partial charge in [0.05, 0.1) is 30.4 Å². The van der Waals surface area contributed by atoms with E-state index < -0.39 is 11.5 Å². The molecule has 3 N–H and O–H groups in total. The third kappa shape index (κ3) is 5.10. The Kier molecular flexibility index (Phi) is 7.94. The van der Waals surface area contributed by atoms with Gasteiger partial charge in [-0.1, -0.05) is 60.7 Å². The number of ether oxygens (including phenoxy) is 1.